The molecule has 0 saturated carbocycles. The summed E-state index contributed by atoms with van der Waals surface area (Å²) in [6, 6.07) is 5.19. The van der Waals surface area contributed by atoms with Crippen LogP contribution in [0, 0.1) is 24.7 Å². The van der Waals surface area contributed by atoms with Gasteiger partial charge in [-0.05, 0) is 119 Å². The summed E-state index contributed by atoms with van der Waals surface area (Å²) < 4.78 is 0. The molecule has 40 heavy (non-hydrogen) atoms. The maximum Gasteiger partial charge on any atom is 0.0207 e. The van der Waals surface area contributed by atoms with Gasteiger partial charge in [-0.3, -0.25) is 0 Å². The number of aryl methyl sites for hydroxylation is 1. The summed E-state index contributed by atoms with van der Waals surface area (Å²) in [4.78, 5) is 0. The molecule has 0 aromatic heterocycles. The Kier molecular flexibility index (Phi) is 10.7. The molecule has 0 aliphatic heterocycles. The second-order valence-electron chi connectivity index (χ2n) is 12.6. The Morgan fingerprint density at radius 3 is 2.58 bits per heavy atom. The quantitative estimate of drug-likeness (QED) is 0.306. The van der Waals surface area contributed by atoms with Crippen LogP contribution in [0.5, 0.6) is 0 Å². The lowest BCUT2D eigenvalue weighted by molar-refractivity contribution is 0.283. The van der Waals surface area contributed by atoms with E-state index in [-0.39, 0.29) is 0 Å². The normalized spacial score (nSPS) is 27.3. The van der Waals surface area contributed by atoms with Crippen LogP contribution in [0.2, 0.25) is 0 Å². The van der Waals surface area contributed by atoms with Gasteiger partial charge in [0.05, 0.1) is 0 Å². The second-order valence-corrected chi connectivity index (χ2v) is 12.6. The molecule has 3 aliphatic rings. The Morgan fingerprint density at radius 2 is 1.80 bits per heavy atom. The fourth-order valence-corrected chi connectivity index (χ4v) is 6.98. The van der Waals surface area contributed by atoms with Crippen molar-refractivity contribution >= 4 is 0 Å². The summed E-state index contributed by atoms with van der Waals surface area (Å²) in [6.07, 6.45) is 32.4. The Morgan fingerprint density at radius 1 is 0.975 bits per heavy atom. The zero-order valence-corrected chi connectivity index (χ0v) is 26.2. The second kappa shape index (κ2) is 14.2. The minimum atomic E-state index is 0.329. The smallest absolute Gasteiger partial charge is 0.0207 e. The van der Waals surface area contributed by atoms with Gasteiger partial charge in [-0.15, -0.1) is 5.73 Å². The minimum absolute atomic E-state index is 0.329. The van der Waals surface area contributed by atoms with E-state index in [1.165, 1.54) is 53.5 Å². The van der Waals surface area contributed by atoms with E-state index in [0.29, 0.717) is 35.5 Å². The average Bonchev–Trinajstić information content (AvgIpc) is 3.16. The largest absolute Gasteiger partial charge is 0.125 e. The van der Waals surface area contributed by atoms with Gasteiger partial charge in [0.25, 0.3) is 0 Å². The monoisotopic (exact) mass is 532 g/mol. The number of unbranched alkanes of at least 4 members (excludes halogenated alkanes) is 1. The third-order valence-corrected chi connectivity index (χ3v) is 9.84. The van der Waals surface area contributed by atoms with Crippen molar-refractivity contribution in [1.82, 2.24) is 0 Å². The first-order valence-corrected chi connectivity index (χ1v) is 16.0. The summed E-state index contributed by atoms with van der Waals surface area (Å²) in [7, 11) is 0. The first kappa shape index (κ1) is 30.1. The molecule has 0 radical (unpaired) electrons. The number of allylic oxidation sites excluding steroid dienone is 13. The average molecular weight is 533 g/mol. The highest BCUT2D eigenvalue weighted by atomic mass is 14.4. The van der Waals surface area contributed by atoms with Gasteiger partial charge in [-0.25, -0.2) is 0 Å². The van der Waals surface area contributed by atoms with Crippen LogP contribution in [-0.2, 0) is 0 Å². The van der Waals surface area contributed by atoms with Crippen molar-refractivity contribution in [2.24, 2.45) is 17.8 Å². The fourth-order valence-electron chi connectivity index (χ4n) is 6.98. The van der Waals surface area contributed by atoms with Crippen LogP contribution in [-0.4, -0.2) is 0 Å². The van der Waals surface area contributed by atoms with Gasteiger partial charge in [0.1, 0.15) is 0 Å². The molecule has 6 atom stereocenters. The Hall–Kier alpha value is -2.82. The molecule has 1 aromatic carbocycles. The third-order valence-electron chi connectivity index (χ3n) is 9.84. The number of hydrogen-bond acceptors (Lipinski definition) is 0. The van der Waals surface area contributed by atoms with E-state index >= 15 is 0 Å². The van der Waals surface area contributed by atoms with Crippen molar-refractivity contribution < 1.29 is 0 Å². The summed E-state index contributed by atoms with van der Waals surface area (Å²) >= 11 is 0. The summed E-state index contributed by atoms with van der Waals surface area (Å²) in [6.45, 7) is 16.9. The number of benzene rings is 1. The van der Waals surface area contributed by atoms with Gasteiger partial charge in [0.15, 0.2) is 0 Å². The number of hydrogen-bond donors (Lipinski definition) is 0. The molecule has 212 valence electrons. The van der Waals surface area contributed by atoms with E-state index < -0.39 is 0 Å². The van der Waals surface area contributed by atoms with Gasteiger partial charge >= 0.3 is 0 Å². The van der Waals surface area contributed by atoms with Gasteiger partial charge in [0, 0.05) is 5.92 Å². The molecule has 0 heteroatoms. The molecular weight excluding hydrogens is 480 g/mol. The summed E-state index contributed by atoms with van der Waals surface area (Å²) in [5.74, 6) is 2.97. The molecule has 0 fully saturated rings. The lowest BCUT2D eigenvalue weighted by atomic mass is 9.68. The molecule has 1 aromatic rings. The molecular formula is C40H52. The highest BCUT2D eigenvalue weighted by Crippen LogP contribution is 2.47. The van der Waals surface area contributed by atoms with Crippen molar-refractivity contribution in [3.8, 4) is 0 Å². The highest BCUT2D eigenvalue weighted by molar-refractivity contribution is 5.50. The van der Waals surface area contributed by atoms with Crippen molar-refractivity contribution in [2.45, 2.75) is 105 Å². The maximum absolute atomic E-state index is 3.32. The van der Waals surface area contributed by atoms with E-state index in [2.05, 4.69) is 133 Å². The molecule has 0 heterocycles. The summed E-state index contributed by atoms with van der Waals surface area (Å²) in [5.41, 5.74) is 13.7. The van der Waals surface area contributed by atoms with Crippen LogP contribution in [0.25, 0.3) is 0 Å². The summed E-state index contributed by atoms with van der Waals surface area (Å²) in [5, 5.41) is 0. The zero-order chi connectivity index (χ0) is 28.6. The van der Waals surface area contributed by atoms with Crippen LogP contribution >= 0.6 is 0 Å². The zero-order valence-electron chi connectivity index (χ0n) is 26.2. The molecule has 6 unspecified atom stereocenters. The standard InChI is InChI=1S/C40H52/c1-8-10-17-33-18-16-21-35(24-23-33)37-27-38-29(4)22-25-36(34-19-14-12-11-13-15-20-34)31(6)32(7)40(28(3)9-2)39(38)26-30(37)5/h11,14-16,18-21,23-29,31-32,35,40H,8-10,12,17,22H2,1-7H3. The molecule has 0 bridgehead atoms. The van der Waals surface area contributed by atoms with Crippen LogP contribution < -0.4 is 0 Å². The van der Waals surface area contributed by atoms with Gasteiger partial charge < -0.3 is 0 Å². The molecule has 0 saturated heterocycles. The van der Waals surface area contributed by atoms with Crippen LogP contribution in [0.4, 0.5) is 0 Å². The first-order valence-electron chi connectivity index (χ1n) is 16.0. The van der Waals surface area contributed by atoms with E-state index in [1.807, 2.05) is 0 Å². The van der Waals surface area contributed by atoms with Crippen molar-refractivity contribution in [3.05, 3.63) is 124 Å². The first-order chi connectivity index (χ1) is 19.3. The SMILES string of the molecule is CCCCC1=CC=CC(c2cc3c(cc2C)C(C(C)CC)C(C)C(C)C(C2=CC=C=CCC=C2)=CCC3C)C=C1. The lowest BCUT2D eigenvalue weighted by Crippen LogP contribution is -2.25. The number of fused-ring (bicyclic) bond motifs is 1. The number of rotatable bonds is 7. The fraction of sp³-hybridized carbons (Fsp3) is 0.475. The van der Waals surface area contributed by atoms with Crippen molar-refractivity contribution in [3.63, 3.8) is 0 Å². The van der Waals surface area contributed by atoms with E-state index in [0.717, 1.165) is 12.8 Å². The lowest BCUT2D eigenvalue weighted by Gasteiger charge is -2.36. The Balaban J connectivity index is 1.79. The molecule has 0 amide bonds. The Labute approximate surface area is 245 Å². The molecule has 0 spiro atoms. The van der Waals surface area contributed by atoms with Crippen molar-refractivity contribution in [1.29, 1.82) is 0 Å². The van der Waals surface area contributed by atoms with E-state index in [9.17, 15) is 0 Å². The molecule has 3 aliphatic carbocycles. The highest BCUT2D eigenvalue weighted by Gasteiger charge is 2.34. The topological polar surface area (TPSA) is 0 Å². The predicted molar refractivity (Wildman–Crippen MR) is 176 cm³/mol. The van der Waals surface area contributed by atoms with E-state index in [1.54, 1.807) is 11.1 Å². The molecule has 0 N–H and O–H groups in total. The van der Waals surface area contributed by atoms with Gasteiger partial charge in [-0.2, -0.15) is 0 Å². The van der Waals surface area contributed by atoms with Crippen LogP contribution in [0.1, 0.15) is 120 Å². The minimum Gasteiger partial charge on any atom is -0.125 e. The van der Waals surface area contributed by atoms with E-state index in [4.69, 9.17) is 0 Å². The van der Waals surface area contributed by atoms with Crippen LogP contribution in [0.3, 0.4) is 0 Å². The van der Waals surface area contributed by atoms with Crippen LogP contribution in [0.15, 0.2) is 101 Å². The third kappa shape index (κ3) is 6.90. The van der Waals surface area contributed by atoms with Gasteiger partial charge in [0.2, 0.25) is 0 Å². The Bertz CT molecular complexity index is 1280. The molecule has 0 nitrogen and oxygen atoms in total. The van der Waals surface area contributed by atoms with Gasteiger partial charge in [-0.1, -0.05) is 115 Å². The predicted octanol–water partition coefficient (Wildman–Crippen LogP) is 11.8. The van der Waals surface area contributed by atoms with Crippen molar-refractivity contribution in [2.75, 3.05) is 0 Å². The molecule has 4 rings (SSSR count). The maximum atomic E-state index is 3.32.